The number of nitrogens with one attached hydrogen (secondary N) is 1. The summed E-state index contributed by atoms with van der Waals surface area (Å²) in [6, 6.07) is 0.747. The largest absolute Gasteiger partial charge is 0.334 e. The van der Waals surface area contributed by atoms with Gasteiger partial charge in [0.05, 0.1) is 6.33 Å². The summed E-state index contributed by atoms with van der Waals surface area (Å²) >= 11 is 0. The molecule has 2 aliphatic heterocycles. The maximum Gasteiger partial charge on any atom is 0.0948 e. The quantitative estimate of drug-likeness (QED) is 0.707. The number of aromatic nitrogens is 2. The van der Waals surface area contributed by atoms with Crippen LogP contribution in [0, 0.1) is 0 Å². The van der Waals surface area contributed by atoms with E-state index in [-0.39, 0.29) is 0 Å². The van der Waals surface area contributed by atoms with Crippen molar-refractivity contribution in [1.29, 1.82) is 0 Å². The highest BCUT2D eigenvalue weighted by Gasteiger charge is 2.24. The molecular weight excluding hydrogens is 188 g/mol. The number of aryl methyl sites for hydroxylation is 1. The van der Waals surface area contributed by atoms with E-state index in [1.54, 1.807) is 0 Å². The second-order valence-corrected chi connectivity index (χ2v) is 4.51. The van der Waals surface area contributed by atoms with Crippen LogP contribution in [-0.4, -0.2) is 46.7 Å². The summed E-state index contributed by atoms with van der Waals surface area (Å²) < 4.78 is 2.29. The Balaban J connectivity index is 1.69. The Morgan fingerprint density at radius 2 is 2.13 bits per heavy atom. The summed E-state index contributed by atoms with van der Waals surface area (Å²) in [6.45, 7) is 5.85. The van der Waals surface area contributed by atoms with Gasteiger partial charge in [0.25, 0.3) is 0 Å². The number of imidazole rings is 1. The number of fused-ring (bicyclic) bond motifs is 1. The van der Waals surface area contributed by atoms with Gasteiger partial charge in [-0.25, -0.2) is 4.98 Å². The van der Waals surface area contributed by atoms with Gasteiger partial charge in [-0.2, -0.15) is 0 Å². The summed E-state index contributed by atoms with van der Waals surface area (Å²) in [4.78, 5) is 6.85. The maximum absolute atomic E-state index is 4.22. The molecule has 0 radical (unpaired) electrons. The molecule has 1 unspecified atom stereocenters. The molecule has 1 atom stereocenters. The standard InChI is InChI=1S/C11H18N4/c1-4-15-9-13-8-11(15)7-10(1)14-5-2-12-3-6-14/h8-10,12H,1-7H2. The number of piperazine rings is 1. The second kappa shape index (κ2) is 3.94. The van der Waals surface area contributed by atoms with Gasteiger partial charge in [0.15, 0.2) is 0 Å². The molecule has 0 amide bonds. The zero-order valence-electron chi connectivity index (χ0n) is 9.02. The van der Waals surface area contributed by atoms with Crippen molar-refractivity contribution in [2.45, 2.75) is 25.4 Å². The Kier molecular flexibility index (Phi) is 2.46. The van der Waals surface area contributed by atoms with Crippen LogP contribution in [0.5, 0.6) is 0 Å². The van der Waals surface area contributed by atoms with E-state index in [1.165, 1.54) is 31.6 Å². The molecule has 1 aromatic rings. The molecule has 0 aromatic carbocycles. The van der Waals surface area contributed by atoms with E-state index in [1.807, 2.05) is 12.5 Å². The molecule has 0 saturated carbocycles. The molecule has 0 bridgehead atoms. The molecule has 3 rings (SSSR count). The summed E-state index contributed by atoms with van der Waals surface area (Å²) in [6.07, 6.45) is 6.45. The zero-order chi connectivity index (χ0) is 10.1. The third kappa shape index (κ3) is 1.79. The second-order valence-electron chi connectivity index (χ2n) is 4.51. The number of hydrogen-bond donors (Lipinski definition) is 1. The Bertz CT molecular complexity index is 327. The number of hydrogen-bond acceptors (Lipinski definition) is 3. The normalized spacial score (nSPS) is 27.6. The predicted molar refractivity (Wildman–Crippen MR) is 58.8 cm³/mol. The predicted octanol–water partition coefficient (Wildman–Crippen LogP) is 0.103. The van der Waals surface area contributed by atoms with E-state index in [0.717, 1.165) is 25.7 Å². The van der Waals surface area contributed by atoms with Crippen LogP contribution in [0.4, 0.5) is 0 Å². The lowest BCUT2D eigenvalue weighted by atomic mass is 10.0. The Morgan fingerprint density at radius 1 is 1.27 bits per heavy atom. The van der Waals surface area contributed by atoms with Crippen LogP contribution < -0.4 is 5.32 Å². The highest BCUT2D eigenvalue weighted by molar-refractivity contribution is 5.05. The molecule has 4 nitrogen and oxygen atoms in total. The third-order valence-electron chi connectivity index (χ3n) is 3.61. The highest BCUT2D eigenvalue weighted by atomic mass is 15.2. The molecule has 2 aliphatic rings. The molecule has 15 heavy (non-hydrogen) atoms. The lowest BCUT2D eigenvalue weighted by Crippen LogP contribution is -2.50. The van der Waals surface area contributed by atoms with Crippen LogP contribution in [0.2, 0.25) is 0 Å². The smallest absolute Gasteiger partial charge is 0.0948 e. The summed E-state index contributed by atoms with van der Waals surface area (Å²) in [7, 11) is 0. The first-order chi connectivity index (χ1) is 7.43. The van der Waals surface area contributed by atoms with E-state index in [4.69, 9.17) is 0 Å². The lowest BCUT2D eigenvalue weighted by Gasteiger charge is -2.37. The van der Waals surface area contributed by atoms with Gasteiger partial charge in [0.2, 0.25) is 0 Å². The van der Waals surface area contributed by atoms with Crippen molar-refractivity contribution in [1.82, 2.24) is 19.8 Å². The Hall–Kier alpha value is -0.870. The first-order valence-electron chi connectivity index (χ1n) is 5.87. The van der Waals surface area contributed by atoms with Crippen molar-refractivity contribution in [3.05, 3.63) is 18.2 Å². The van der Waals surface area contributed by atoms with Gasteiger partial charge in [-0.1, -0.05) is 0 Å². The fraction of sp³-hybridized carbons (Fsp3) is 0.727. The highest BCUT2D eigenvalue weighted by Crippen LogP contribution is 2.19. The molecule has 1 saturated heterocycles. The van der Waals surface area contributed by atoms with Crippen LogP contribution in [0.15, 0.2) is 12.5 Å². The average molecular weight is 206 g/mol. The van der Waals surface area contributed by atoms with Crippen molar-refractivity contribution in [3.8, 4) is 0 Å². The van der Waals surface area contributed by atoms with Crippen molar-refractivity contribution in [3.63, 3.8) is 0 Å². The van der Waals surface area contributed by atoms with E-state index in [0.29, 0.717) is 0 Å². The van der Waals surface area contributed by atoms with E-state index in [2.05, 4.69) is 19.8 Å². The van der Waals surface area contributed by atoms with Gasteiger partial charge in [0.1, 0.15) is 0 Å². The summed E-state index contributed by atoms with van der Waals surface area (Å²) in [5.41, 5.74) is 1.41. The topological polar surface area (TPSA) is 33.1 Å². The first-order valence-corrected chi connectivity index (χ1v) is 5.87. The fourth-order valence-corrected chi connectivity index (χ4v) is 2.71. The van der Waals surface area contributed by atoms with Gasteiger partial charge >= 0.3 is 0 Å². The number of nitrogens with zero attached hydrogens (tertiary/aromatic N) is 3. The van der Waals surface area contributed by atoms with Crippen LogP contribution in [0.3, 0.4) is 0 Å². The molecule has 82 valence electrons. The molecule has 4 heteroatoms. The molecule has 1 fully saturated rings. The van der Waals surface area contributed by atoms with Gasteiger partial charge in [-0.05, 0) is 6.42 Å². The summed E-state index contributed by atoms with van der Waals surface area (Å²) in [5.74, 6) is 0. The zero-order valence-corrected chi connectivity index (χ0v) is 9.02. The van der Waals surface area contributed by atoms with Crippen LogP contribution in [0.25, 0.3) is 0 Å². The average Bonchev–Trinajstić information content (AvgIpc) is 2.77. The first kappa shape index (κ1) is 9.36. The Labute approximate surface area is 90.3 Å². The van der Waals surface area contributed by atoms with Crippen molar-refractivity contribution < 1.29 is 0 Å². The summed E-state index contributed by atoms with van der Waals surface area (Å²) in [5, 5.41) is 3.41. The van der Waals surface area contributed by atoms with Crippen molar-refractivity contribution >= 4 is 0 Å². The monoisotopic (exact) mass is 206 g/mol. The van der Waals surface area contributed by atoms with Gasteiger partial charge in [0, 0.05) is 57.1 Å². The minimum Gasteiger partial charge on any atom is -0.334 e. The fourth-order valence-electron chi connectivity index (χ4n) is 2.71. The minimum atomic E-state index is 0.747. The molecule has 1 aromatic heterocycles. The molecule has 1 N–H and O–H groups in total. The van der Waals surface area contributed by atoms with E-state index < -0.39 is 0 Å². The van der Waals surface area contributed by atoms with Gasteiger partial charge in [-0.15, -0.1) is 0 Å². The lowest BCUT2D eigenvalue weighted by molar-refractivity contribution is 0.148. The van der Waals surface area contributed by atoms with Gasteiger partial charge < -0.3 is 9.88 Å². The van der Waals surface area contributed by atoms with Crippen LogP contribution in [-0.2, 0) is 13.0 Å². The Morgan fingerprint density at radius 3 is 3.00 bits per heavy atom. The molecule has 0 aliphatic carbocycles. The SMILES string of the molecule is c1ncn2c1CC(N1CCNCC1)CC2. The van der Waals surface area contributed by atoms with E-state index in [9.17, 15) is 0 Å². The van der Waals surface area contributed by atoms with Crippen molar-refractivity contribution in [2.24, 2.45) is 0 Å². The molecule has 3 heterocycles. The number of rotatable bonds is 1. The van der Waals surface area contributed by atoms with Gasteiger partial charge in [-0.3, -0.25) is 4.90 Å². The van der Waals surface area contributed by atoms with E-state index >= 15 is 0 Å². The van der Waals surface area contributed by atoms with Crippen LogP contribution in [0.1, 0.15) is 12.1 Å². The molecular formula is C11H18N4. The third-order valence-corrected chi connectivity index (χ3v) is 3.61. The minimum absolute atomic E-state index is 0.747. The van der Waals surface area contributed by atoms with Crippen molar-refractivity contribution in [2.75, 3.05) is 26.2 Å². The van der Waals surface area contributed by atoms with Crippen LogP contribution >= 0.6 is 0 Å². The molecule has 0 spiro atoms. The maximum atomic E-state index is 4.22.